The molecule has 0 bridgehead atoms. The maximum absolute atomic E-state index is 12.3. The molecule has 1 heterocycles. The maximum atomic E-state index is 12.3. The second-order valence-electron chi connectivity index (χ2n) is 4.84. The number of hydrogen-bond donors (Lipinski definition) is 2. The van der Waals surface area contributed by atoms with Crippen LogP contribution in [0.4, 0.5) is 0 Å². The summed E-state index contributed by atoms with van der Waals surface area (Å²) in [6.07, 6.45) is 6.42. The van der Waals surface area contributed by atoms with E-state index in [9.17, 15) is 4.79 Å². The third-order valence-corrected chi connectivity index (χ3v) is 3.73. The van der Waals surface area contributed by atoms with Gasteiger partial charge in [0, 0.05) is 19.2 Å². The van der Waals surface area contributed by atoms with Crippen molar-refractivity contribution in [2.75, 3.05) is 19.7 Å². The normalized spacial score (nSPS) is 28.4. The molecule has 4 heteroatoms. The van der Waals surface area contributed by atoms with E-state index in [1.165, 1.54) is 12.8 Å². The van der Waals surface area contributed by atoms with Gasteiger partial charge in [-0.15, -0.1) is 0 Å². The zero-order valence-electron chi connectivity index (χ0n) is 9.82. The van der Waals surface area contributed by atoms with Crippen LogP contribution in [0.5, 0.6) is 0 Å². The summed E-state index contributed by atoms with van der Waals surface area (Å²) in [4.78, 5) is 14.3. The zero-order chi connectivity index (χ0) is 11.4. The van der Waals surface area contributed by atoms with E-state index in [1.807, 2.05) is 0 Å². The predicted octanol–water partition coefficient (Wildman–Crippen LogP) is 0.502. The predicted molar refractivity (Wildman–Crippen MR) is 62.1 cm³/mol. The first-order chi connectivity index (χ1) is 7.83. The van der Waals surface area contributed by atoms with Crippen LogP contribution in [0.25, 0.3) is 0 Å². The first kappa shape index (κ1) is 11.9. The van der Waals surface area contributed by atoms with Crippen LogP contribution >= 0.6 is 0 Å². The highest BCUT2D eigenvalue weighted by atomic mass is 16.3. The van der Waals surface area contributed by atoms with Crippen LogP contribution in [0.1, 0.15) is 38.5 Å². The van der Waals surface area contributed by atoms with Gasteiger partial charge in [0.25, 0.3) is 0 Å². The van der Waals surface area contributed by atoms with Crippen LogP contribution < -0.4 is 5.32 Å². The minimum atomic E-state index is -0.159. The van der Waals surface area contributed by atoms with Crippen LogP contribution in [0, 0.1) is 0 Å². The number of carbonyl (C=O) groups excluding carboxylic acids is 1. The quantitative estimate of drug-likeness (QED) is 0.737. The van der Waals surface area contributed by atoms with E-state index in [4.69, 9.17) is 5.11 Å². The number of carbonyl (C=O) groups is 1. The molecule has 92 valence electrons. The fraction of sp³-hybridized carbons (Fsp3) is 0.917. The number of amides is 1. The lowest BCUT2D eigenvalue weighted by Crippen LogP contribution is -2.47. The molecule has 1 atom stereocenters. The van der Waals surface area contributed by atoms with Crippen molar-refractivity contribution >= 4 is 5.91 Å². The fourth-order valence-corrected chi connectivity index (χ4v) is 2.86. The van der Waals surface area contributed by atoms with Crippen LogP contribution in [-0.4, -0.2) is 47.7 Å². The van der Waals surface area contributed by atoms with Gasteiger partial charge in [-0.3, -0.25) is 4.79 Å². The number of nitrogens with zero attached hydrogens (tertiary/aromatic N) is 1. The van der Waals surface area contributed by atoms with Gasteiger partial charge in [0.2, 0.25) is 5.91 Å². The minimum Gasteiger partial charge on any atom is -0.396 e. The summed E-state index contributed by atoms with van der Waals surface area (Å²) in [5.41, 5.74) is 0. The van der Waals surface area contributed by atoms with Crippen molar-refractivity contribution in [2.45, 2.75) is 50.6 Å². The van der Waals surface area contributed by atoms with Crippen molar-refractivity contribution in [2.24, 2.45) is 0 Å². The lowest BCUT2D eigenvalue weighted by molar-refractivity contribution is -0.135. The van der Waals surface area contributed by atoms with Gasteiger partial charge in [0.05, 0.1) is 6.04 Å². The molecule has 0 radical (unpaired) electrons. The molecular formula is C12H22N2O2. The Hall–Kier alpha value is -0.610. The van der Waals surface area contributed by atoms with Gasteiger partial charge in [-0.25, -0.2) is 0 Å². The van der Waals surface area contributed by atoms with Crippen molar-refractivity contribution < 1.29 is 9.90 Å². The van der Waals surface area contributed by atoms with Gasteiger partial charge < -0.3 is 15.3 Å². The molecule has 2 rings (SSSR count). The Bertz CT molecular complexity index is 239. The lowest BCUT2D eigenvalue weighted by Gasteiger charge is -2.29. The zero-order valence-corrected chi connectivity index (χ0v) is 9.82. The second-order valence-corrected chi connectivity index (χ2v) is 4.84. The van der Waals surface area contributed by atoms with Gasteiger partial charge in [-0.2, -0.15) is 0 Å². The third-order valence-electron chi connectivity index (χ3n) is 3.73. The lowest BCUT2D eigenvalue weighted by atomic mass is 10.1. The van der Waals surface area contributed by atoms with Gasteiger partial charge in [0.1, 0.15) is 0 Å². The Kier molecular flexibility index (Phi) is 4.18. The smallest absolute Gasteiger partial charge is 0.240 e. The van der Waals surface area contributed by atoms with E-state index in [0.29, 0.717) is 12.5 Å². The summed E-state index contributed by atoms with van der Waals surface area (Å²) in [7, 11) is 0. The molecule has 0 aromatic carbocycles. The molecular weight excluding hydrogens is 204 g/mol. The van der Waals surface area contributed by atoms with Crippen LogP contribution in [0.3, 0.4) is 0 Å². The standard InChI is InChI=1S/C12H22N2O2/c15-9-6-11-12(16)14(8-3-7-13-11)10-4-1-2-5-10/h10-11,13,15H,1-9H2. The van der Waals surface area contributed by atoms with Crippen molar-refractivity contribution in [1.29, 1.82) is 0 Å². The van der Waals surface area contributed by atoms with Crippen molar-refractivity contribution in [1.82, 2.24) is 10.2 Å². The van der Waals surface area contributed by atoms with Crippen molar-refractivity contribution in [3.05, 3.63) is 0 Å². The first-order valence-corrected chi connectivity index (χ1v) is 6.47. The molecule has 2 fully saturated rings. The van der Waals surface area contributed by atoms with Gasteiger partial charge in [-0.05, 0) is 32.2 Å². The number of aliphatic hydroxyl groups is 1. The van der Waals surface area contributed by atoms with E-state index < -0.39 is 0 Å². The fourth-order valence-electron chi connectivity index (χ4n) is 2.86. The Morgan fingerprint density at radius 3 is 2.75 bits per heavy atom. The first-order valence-electron chi connectivity index (χ1n) is 6.47. The van der Waals surface area contributed by atoms with Gasteiger partial charge in [0.15, 0.2) is 0 Å². The molecule has 1 aliphatic carbocycles. The molecule has 2 N–H and O–H groups in total. The SMILES string of the molecule is O=C1C(CCO)NCCCN1C1CCCC1. The van der Waals surface area contributed by atoms with Crippen LogP contribution in [-0.2, 0) is 4.79 Å². The Morgan fingerprint density at radius 1 is 1.31 bits per heavy atom. The number of hydrogen-bond acceptors (Lipinski definition) is 3. The molecule has 1 aliphatic heterocycles. The van der Waals surface area contributed by atoms with Crippen LogP contribution in [0.15, 0.2) is 0 Å². The summed E-state index contributed by atoms with van der Waals surface area (Å²) < 4.78 is 0. The summed E-state index contributed by atoms with van der Waals surface area (Å²) in [5.74, 6) is 0.207. The number of aliphatic hydroxyl groups excluding tert-OH is 1. The van der Waals surface area contributed by atoms with Gasteiger partial charge in [-0.1, -0.05) is 12.8 Å². The third kappa shape index (κ3) is 2.55. The molecule has 0 spiro atoms. The molecule has 1 amide bonds. The summed E-state index contributed by atoms with van der Waals surface area (Å²) >= 11 is 0. The van der Waals surface area contributed by atoms with E-state index in [-0.39, 0.29) is 18.6 Å². The molecule has 1 saturated heterocycles. The molecule has 0 aromatic heterocycles. The molecule has 4 nitrogen and oxygen atoms in total. The monoisotopic (exact) mass is 226 g/mol. The summed E-state index contributed by atoms with van der Waals surface area (Å²) in [6, 6.07) is 0.307. The van der Waals surface area contributed by atoms with Gasteiger partial charge >= 0.3 is 0 Å². The van der Waals surface area contributed by atoms with E-state index in [1.54, 1.807) is 0 Å². The van der Waals surface area contributed by atoms with E-state index in [0.717, 1.165) is 32.4 Å². The van der Waals surface area contributed by atoms with Crippen LogP contribution in [0.2, 0.25) is 0 Å². The summed E-state index contributed by atoms with van der Waals surface area (Å²) in [6.45, 7) is 1.86. The largest absolute Gasteiger partial charge is 0.396 e. The molecule has 16 heavy (non-hydrogen) atoms. The Balaban J connectivity index is 2.01. The molecule has 1 saturated carbocycles. The topological polar surface area (TPSA) is 52.6 Å². The van der Waals surface area contributed by atoms with E-state index in [2.05, 4.69) is 10.2 Å². The second kappa shape index (κ2) is 5.64. The average Bonchev–Trinajstić information content (AvgIpc) is 2.74. The minimum absolute atomic E-state index is 0.0852. The summed E-state index contributed by atoms with van der Waals surface area (Å²) in [5, 5.41) is 12.2. The highest BCUT2D eigenvalue weighted by molar-refractivity contribution is 5.82. The van der Waals surface area contributed by atoms with Crippen molar-refractivity contribution in [3.8, 4) is 0 Å². The van der Waals surface area contributed by atoms with E-state index >= 15 is 0 Å². The number of nitrogens with one attached hydrogen (secondary N) is 1. The molecule has 2 aliphatic rings. The average molecular weight is 226 g/mol. The maximum Gasteiger partial charge on any atom is 0.240 e. The Labute approximate surface area is 97.0 Å². The molecule has 1 unspecified atom stereocenters. The Morgan fingerprint density at radius 2 is 2.06 bits per heavy atom. The molecule has 0 aromatic rings. The van der Waals surface area contributed by atoms with Crippen molar-refractivity contribution in [3.63, 3.8) is 0 Å². The highest BCUT2D eigenvalue weighted by Gasteiger charge is 2.32. The highest BCUT2D eigenvalue weighted by Crippen LogP contribution is 2.25. The number of rotatable bonds is 3.